The van der Waals surface area contributed by atoms with E-state index in [0.717, 1.165) is 28.0 Å². The van der Waals surface area contributed by atoms with E-state index in [9.17, 15) is 0 Å². The average Bonchev–Trinajstić information content (AvgIpc) is 2.74. The summed E-state index contributed by atoms with van der Waals surface area (Å²) in [7, 11) is 3.24. The number of methoxy groups -OCH3 is 2. The standard InChI is InChI=1S/C23H21N3O2/c1-15-8-10-16(11-9-15)22-25-19-7-5-4-6-18(19)23(26-22)24-17-12-13-20(27-2)21(14-17)28-3/h4-14H,1-3H3,(H,24,25,26). The minimum absolute atomic E-state index is 0.657. The van der Waals surface area contributed by atoms with Gasteiger partial charge in [-0.1, -0.05) is 42.0 Å². The number of para-hydroxylation sites is 1. The van der Waals surface area contributed by atoms with Crippen molar-refractivity contribution in [2.75, 3.05) is 19.5 Å². The third-order valence-corrected chi connectivity index (χ3v) is 4.56. The van der Waals surface area contributed by atoms with E-state index in [-0.39, 0.29) is 0 Å². The molecule has 28 heavy (non-hydrogen) atoms. The van der Waals surface area contributed by atoms with Crippen LogP contribution in [0, 0.1) is 6.92 Å². The number of nitrogens with zero attached hydrogens (tertiary/aromatic N) is 2. The molecule has 0 aliphatic rings. The number of ether oxygens (including phenoxy) is 2. The zero-order valence-corrected chi connectivity index (χ0v) is 16.1. The van der Waals surface area contributed by atoms with Gasteiger partial charge in [0.05, 0.1) is 19.7 Å². The van der Waals surface area contributed by atoms with Crippen molar-refractivity contribution in [3.8, 4) is 22.9 Å². The first-order chi connectivity index (χ1) is 13.7. The second-order valence-corrected chi connectivity index (χ2v) is 6.47. The van der Waals surface area contributed by atoms with Crippen molar-refractivity contribution in [2.45, 2.75) is 6.92 Å². The largest absolute Gasteiger partial charge is 0.493 e. The summed E-state index contributed by atoms with van der Waals surface area (Å²) in [5.41, 5.74) is 3.92. The van der Waals surface area contributed by atoms with Crippen molar-refractivity contribution in [1.29, 1.82) is 0 Å². The Morgan fingerprint density at radius 1 is 0.786 bits per heavy atom. The smallest absolute Gasteiger partial charge is 0.162 e. The molecule has 0 atom stereocenters. The zero-order chi connectivity index (χ0) is 19.5. The molecule has 0 bridgehead atoms. The lowest BCUT2D eigenvalue weighted by Crippen LogP contribution is -2.00. The van der Waals surface area contributed by atoms with Gasteiger partial charge in [0.15, 0.2) is 17.3 Å². The predicted molar refractivity (Wildman–Crippen MR) is 113 cm³/mol. The van der Waals surface area contributed by atoms with Crippen molar-refractivity contribution in [3.05, 3.63) is 72.3 Å². The lowest BCUT2D eigenvalue weighted by Gasteiger charge is -2.13. The maximum Gasteiger partial charge on any atom is 0.162 e. The monoisotopic (exact) mass is 371 g/mol. The Balaban J connectivity index is 1.80. The fourth-order valence-electron chi connectivity index (χ4n) is 3.05. The number of benzene rings is 3. The van der Waals surface area contributed by atoms with Gasteiger partial charge in [0.2, 0.25) is 0 Å². The molecular formula is C23H21N3O2. The van der Waals surface area contributed by atoms with Crippen LogP contribution in [0.5, 0.6) is 11.5 Å². The van der Waals surface area contributed by atoms with Gasteiger partial charge in [-0.2, -0.15) is 0 Å². The second kappa shape index (κ2) is 7.56. The fraction of sp³-hybridized carbons (Fsp3) is 0.130. The van der Waals surface area contributed by atoms with E-state index in [1.165, 1.54) is 5.56 Å². The maximum absolute atomic E-state index is 5.41. The molecule has 3 aromatic carbocycles. The maximum atomic E-state index is 5.41. The van der Waals surface area contributed by atoms with Crippen molar-refractivity contribution < 1.29 is 9.47 Å². The van der Waals surface area contributed by atoms with Crippen molar-refractivity contribution in [1.82, 2.24) is 9.97 Å². The van der Waals surface area contributed by atoms with Crippen LogP contribution in [0.25, 0.3) is 22.3 Å². The molecule has 0 aliphatic carbocycles. The summed E-state index contributed by atoms with van der Waals surface area (Å²) in [4.78, 5) is 9.54. The van der Waals surface area contributed by atoms with Gasteiger partial charge in [-0.25, -0.2) is 9.97 Å². The first-order valence-corrected chi connectivity index (χ1v) is 9.01. The first-order valence-electron chi connectivity index (χ1n) is 9.01. The topological polar surface area (TPSA) is 56.3 Å². The van der Waals surface area contributed by atoms with Crippen LogP contribution < -0.4 is 14.8 Å². The number of anilines is 2. The minimum atomic E-state index is 0.657. The molecule has 0 unspecified atom stereocenters. The van der Waals surface area contributed by atoms with Crippen LogP contribution in [-0.2, 0) is 0 Å². The molecule has 140 valence electrons. The van der Waals surface area contributed by atoms with Crippen LogP contribution >= 0.6 is 0 Å². The Bertz CT molecular complexity index is 1120. The molecule has 0 saturated heterocycles. The molecule has 1 heterocycles. The van der Waals surface area contributed by atoms with Gasteiger partial charge >= 0.3 is 0 Å². The van der Waals surface area contributed by atoms with Crippen LogP contribution in [0.3, 0.4) is 0 Å². The lowest BCUT2D eigenvalue weighted by molar-refractivity contribution is 0.355. The Hall–Kier alpha value is -3.60. The molecule has 4 rings (SSSR count). The van der Waals surface area contributed by atoms with Crippen LogP contribution in [-0.4, -0.2) is 24.2 Å². The van der Waals surface area contributed by atoms with Gasteiger partial charge in [0.1, 0.15) is 5.82 Å². The number of rotatable bonds is 5. The Labute approximate surface area is 164 Å². The van der Waals surface area contributed by atoms with Gasteiger partial charge in [0, 0.05) is 22.7 Å². The van der Waals surface area contributed by atoms with Gasteiger partial charge in [0.25, 0.3) is 0 Å². The molecule has 0 aliphatic heterocycles. The summed E-state index contributed by atoms with van der Waals surface area (Å²) in [6.07, 6.45) is 0. The molecule has 0 fully saturated rings. The van der Waals surface area contributed by atoms with Crippen molar-refractivity contribution in [2.24, 2.45) is 0 Å². The second-order valence-electron chi connectivity index (χ2n) is 6.47. The summed E-state index contributed by atoms with van der Waals surface area (Å²) < 4.78 is 10.7. The van der Waals surface area contributed by atoms with Crippen LogP contribution in [0.15, 0.2) is 66.7 Å². The van der Waals surface area contributed by atoms with E-state index in [0.29, 0.717) is 17.3 Å². The number of aromatic nitrogens is 2. The third-order valence-electron chi connectivity index (χ3n) is 4.56. The van der Waals surface area contributed by atoms with Gasteiger partial charge in [-0.3, -0.25) is 0 Å². The van der Waals surface area contributed by atoms with Gasteiger partial charge < -0.3 is 14.8 Å². The quantitative estimate of drug-likeness (QED) is 0.511. The Morgan fingerprint density at radius 3 is 2.29 bits per heavy atom. The summed E-state index contributed by atoms with van der Waals surface area (Å²) in [5.74, 6) is 2.76. The van der Waals surface area contributed by atoms with Crippen LogP contribution in [0.4, 0.5) is 11.5 Å². The van der Waals surface area contributed by atoms with E-state index in [4.69, 9.17) is 19.4 Å². The third kappa shape index (κ3) is 3.47. The highest BCUT2D eigenvalue weighted by atomic mass is 16.5. The van der Waals surface area contributed by atoms with Gasteiger partial charge in [-0.05, 0) is 31.2 Å². The highest BCUT2D eigenvalue weighted by molar-refractivity contribution is 5.92. The first kappa shape index (κ1) is 17.8. The van der Waals surface area contributed by atoms with Crippen molar-refractivity contribution >= 4 is 22.4 Å². The fourth-order valence-corrected chi connectivity index (χ4v) is 3.05. The summed E-state index contributed by atoms with van der Waals surface area (Å²) >= 11 is 0. The Kier molecular flexibility index (Phi) is 4.81. The molecule has 5 heteroatoms. The number of hydrogen-bond acceptors (Lipinski definition) is 5. The minimum Gasteiger partial charge on any atom is -0.493 e. The molecule has 1 N–H and O–H groups in total. The molecule has 0 radical (unpaired) electrons. The summed E-state index contributed by atoms with van der Waals surface area (Å²) in [6, 6.07) is 21.9. The molecule has 1 aromatic heterocycles. The Morgan fingerprint density at radius 2 is 1.54 bits per heavy atom. The zero-order valence-electron chi connectivity index (χ0n) is 16.1. The highest BCUT2D eigenvalue weighted by Gasteiger charge is 2.11. The normalized spacial score (nSPS) is 10.7. The van der Waals surface area contributed by atoms with Crippen LogP contribution in [0.1, 0.15) is 5.56 Å². The molecule has 5 nitrogen and oxygen atoms in total. The summed E-state index contributed by atoms with van der Waals surface area (Å²) in [6.45, 7) is 2.06. The number of aryl methyl sites for hydroxylation is 1. The van der Waals surface area contributed by atoms with E-state index < -0.39 is 0 Å². The van der Waals surface area contributed by atoms with E-state index in [1.54, 1.807) is 14.2 Å². The predicted octanol–water partition coefficient (Wildman–Crippen LogP) is 5.37. The molecule has 0 saturated carbocycles. The molecular weight excluding hydrogens is 350 g/mol. The molecule has 4 aromatic rings. The number of hydrogen-bond donors (Lipinski definition) is 1. The lowest BCUT2D eigenvalue weighted by atomic mass is 10.1. The SMILES string of the molecule is COc1ccc(Nc2nc(-c3ccc(C)cc3)nc3ccccc23)cc1OC. The van der Waals surface area contributed by atoms with Crippen LogP contribution in [0.2, 0.25) is 0 Å². The highest BCUT2D eigenvalue weighted by Crippen LogP contribution is 2.33. The molecule has 0 spiro atoms. The number of fused-ring (bicyclic) bond motifs is 1. The van der Waals surface area contributed by atoms with Crippen molar-refractivity contribution in [3.63, 3.8) is 0 Å². The molecule has 0 amide bonds. The number of nitrogens with one attached hydrogen (secondary N) is 1. The average molecular weight is 371 g/mol. The summed E-state index contributed by atoms with van der Waals surface area (Å²) in [5, 5.41) is 4.36. The van der Waals surface area contributed by atoms with Gasteiger partial charge in [-0.15, -0.1) is 0 Å². The van der Waals surface area contributed by atoms with E-state index >= 15 is 0 Å². The van der Waals surface area contributed by atoms with E-state index in [2.05, 4.69) is 24.4 Å². The van der Waals surface area contributed by atoms with E-state index in [1.807, 2.05) is 54.6 Å².